The molecule has 0 aliphatic rings. The van der Waals surface area contributed by atoms with Crippen LogP contribution in [0.4, 0.5) is 5.69 Å². The second-order valence-corrected chi connectivity index (χ2v) is 7.03. The molecule has 3 aromatic rings. The van der Waals surface area contributed by atoms with E-state index in [1.54, 1.807) is 6.20 Å². The zero-order valence-electron chi connectivity index (χ0n) is 12.7. The number of aryl methyl sites for hydroxylation is 1. The van der Waals surface area contributed by atoms with E-state index in [-0.39, 0.29) is 0 Å². The second-order valence-electron chi connectivity index (χ2n) is 5.34. The monoisotopic (exact) mass is 344 g/mol. The SMILES string of the molecule is Cc1ccc(NCc2cnc(Cl)s2)c(C(O)c2ccccc2)c1. The Morgan fingerprint density at radius 1 is 1.22 bits per heavy atom. The van der Waals surface area contributed by atoms with Gasteiger partial charge in [0.1, 0.15) is 6.10 Å². The van der Waals surface area contributed by atoms with Gasteiger partial charge in [0.25, 0.3) is 0 Å². The summed E-state index contributed by atoms with van der Waals surface area (Å²) in [6, 6.07) is 15.7. The molecule has 0 saturated heterocycles. The fraction of sp³-hybridized carbons (Fsp3) is 0.167. The number of nitrogens with one attached hydrogen (secondary N) is 1. The first-order valence-corrected chi connectivity index (χ1v) is 8.50. The zero-order chi connectivity index (χ0) is 16.2. The van der Waals surface area contributed by atoms with Gasteiger partial charge in [0, 0.05) is 22.3 Å². The first-order valence-electron chi connectivity index (χ1n) is 7.31. The molecule has 23 heavy (non-hydrogen) atoms. The van der Waals surface area contributed by atoms with Gasteiger partial charge >= 0.3 is 0 Å². The number of halogens is 1. The highest BCUT2D eigenvalue weighted by atomic mass is 35.5. The van der Waals surface area contributed by atoms with Crippen LogP contribution in [0.1, 0.15) is 27.7 Å². The molecule has 118 valence electrons. The average molecular weight is 345 g/mol. The summed E-state index contributed by atoms with van der Waals surface area (Å²) in [5, 5.41) is 14.1. The predicted molar refractivity (Wildman–Crippen MR) is 96.1 cm³/mol. The third kappa shape index (κ3) is 3.91. The van der Waals surface area contributed by atoms with Crippen molar-refractivity contribution in [3.63, 3.8) is 0 Å². The minimum absolute atomic E-state index is 0.537. The number of hydrogen-bond acceptors (Lipinski definition) is 4. The number of aliphatic hydroxyl groups excluding tert-OH is 1. The summed E-state index contributed by atoms with van der Waals surface area (Å²) >= 11 is 7.31. The zero-order valence-corrected chi connectivity index (χ0v) is 14.2. The summed E-state index contributed by atoms with van der Waals surface area (Å²) in [5.41, 5.74) is 3.77. The van der Waals surface area contributed by atoms with Crippen molar-refractivity contribution in [2.24, 2.45) is 0 Å². The molecule has 1 unspecified atom stereocenters. The van der Waals surface area contributed by atoms with Crippen molar-refractivity contribution in [3.8, 4) is 0 Å². The van der Waals surface area contributed by atoms with Gasteiger partial charge in [-0.1, -0.05) is 59.6 Å². The number of aliphatic hydroxyl groups is 1. The largest absolute Gasteiger partial charge is 0.384 e. The van der Waals surface area contributed by atoms with Crippen molar-refractivity contribution in [1.29, 1.82) is 0 Å². The molecule has 0 aliphatic carbocycles. The predicted octanol–water partition coefficient (Wildman–Crippen LogP) is 4.80. The lowest BCUT2D eigenvalue weighted by atomic mass is 9.98. The van der Waals surface area contributed by atoms with Crippen LogP contribution < -0.4 is 5.32 Å². The number of aromatic nitrogens is 1. The van der Waals surface area contributed by atoms with E-state index in [0.717, 1.165) is 27.3 Å². The topological polar surface area (TPSA) is 45.2 Å². The summed E-state index contributed by atoms with van der Waals surface area (Å²) in [6.07, 6.45) is 1.10. The smallest absolute Gasteiger partial charge is 0.183 e. The molecular weight excluding hydrogens is 328 g/mol. The van der Waals surface area contributed by atoms with Crippen molar-refractivity contribution >= 4 is 28.6 Å². The molecule has 1 heterocycles. The Morgan fingerprint density at radius 3 is 2.70 bits per heavy atom. The summed E-state index contributed by atoms with van der Waals surface area (Å²) in [7, 11) is 0. The van der Waals surface area contributed by atoms with Crippen LogP contribution in [0, 0.1) is 6.92 Å². The lowest BCUT2D eigenvalue weighted by Crippen LogP contribution is -2.07. The van der Waals surface area contributed by atoms with E-state index in [4.69, 9.17) is 11.6 Å². The Hall–Kier alpha value is -1.88. The van der Waals surface area contributed by atoms with E-state index in [9.17, 15) is 5.11 Å². The van der Waals surface area contributed by atoms with Crippen LogP contribution in [-0.4, -0.2) is 10.1 Å². The Morgan fingerprint density at radius 2 is 2.00 bits per heavy atom. The molecule has 5 heteroatoms. The number of nitrogens with zero attached hydrogens (tertiary/aromatic N) is 1. The van der Waals surface area contributed by atoms with E-state index in [2.05, 4.69) is 10.3 Å². The molecule has 0 spiro atoms. The van der Waals surface area contributed by atoms with Gasteiger partial charge in [-0.05, 0) is 18.6 Å². The van der Waals surface area contributed by atoms with Crippen molar-refractivity contribution in [2.45, 2.75) is 19.6 Å². The average Bonchev–Trinajstić information content (AvgIpc) is 2.99. The Kier molecular flexibility index (Phi) is 4.96. The van der Waals surface area contributed by atoms with E-state index in [1.165, 1.54) is 11.3 Å². The Bertz CT molecular complexity index is 789. The fourth-order valence-electron chi connectivity index (χ4n) is 2.43. The standard InChI is InChI=1S/C18H17ClN2OS/c1-12-7-8-16(20-10-14-11-21-18(19)23-14)15(9-12)17(22)13-5-3-2-4-6-13/h2-9,11,17,20,22H,10H2,1H3. The first-order chi connectivity index (χ1) is 11.1. The number of anilines is 1. The van der Waals surface area contributed by atoms with Crippen LogP contribution in [0.3, 0.4) is 0 Å². The molecule has 0 saturated carbocycles. The van der Waals surface area contributed by atoms with E-state index in [0.29, 0.717) is 11.0 Å². The summed E-state index contributed by atoms with van der Waals surface area (Å²) in [4.78, 5) is 5.09. The van der Waals surface area contributed by atoms with E-state index < -0.39 is 6.10 Å². The number of benzene rings is 2. The molecule has 0 fully saturated rings. The maximum Gasteiger partial charge on any atom is 0.183 e. The molecule has 1 atom stereocenters. The molecule has 0 aliphatic heterocycles. The molecule has 1 aromatic heterocycles. The van der Waals surface area contributed by atoms with Crippen LogP contribution in [0.5, 0.6) is 0 Å². The van der Waals surface area contributed by atoms with Gasteiger partial charge in [-0.15, -0.1) is 11.3 Å². The number of rotatable bonds is 5. The first kappa shape index (κ1) is 16.0. The maximum absolute atomic E-state index is 10.7. The lowest BCUT2D eigenvalue weighted by molar-refractivity contribution is 0.221. The lowest BCUT2D eigenvalue weighted by Gasteiger charge is -2.18. The maximum atomic E-state index is 10.7. The minimum atomic E-state index is -0.663. The van der Waals surface area contributed by atoms with Crippen molar-refractivity contribution in [3.05, 3.63) is 80.8 Å². The highest BCUT2D eigenvalue weighted by Gasteiger charge is 2.15. The van der Waals surface area contributed by atoms with Gasteiger partial charge in [0.2, 0.25) is 0 Å². The van der Waals surface area contributed by atoms with Gasteiger partial charge in [0.15, 0.2) is 4.47 Å². The van der Waals surface area contributed by atoms with E-state index >= 15 is 0 Å². The third-order valence-corrected chi connectivity index (χ3v) is 4.71. The highest BCUT2D eigenvalue weighted by Crippen LogP contribution is 2.30. The molecule has 3 rings (SSSR count). The highest BCUT2D eigenvalue weighted by molar-refractivity contribution is 7.15. The Labute approximate surface area is 144 Å². The van der Waals surface area contributed by atoms with Crippen molar-refractivity contribution in [1.82, 2.24) is 4.98 Å². The second kappa shape index (κ2) is 7.13. The van der Waals surface area contributed by atoms with Gasteiger partial charge in [0.05, 0.1) is 6.54 Å². The molecule has 2 aromatic carbocycles. The minimum Gasteiger partial charge on any atom is -0.384 e. The van der Waals surface area contributed by atoms with Gasteiger partial charge in [-0.3, -0.25) is 0 Å². The summed E-state index contributed by atoms with van der Waals surface area (Å²) in [5.74, 6) is 0. The normalized spacial score (nSPS) is 12.1. The van der Waals surface area contributed by atoms with Gasteiger partial charge < -0.3 is 10.4 Å². The summed E-state index contributed by atoms with van der Waals surface area (Å²) < 4.78 is 0.537. The Balaban J connectivity index is 1.85. The molecular formula is C18H17ClN2OS. The van der Waals surface area contributed by atoms with Gasteiger partial charge in [-0.2, -0.15) is 0 Å². The van der Waals surface area contributed by atoms with Crippen LogP contribution in [0.2, 0.25) is 4.47 Å². The molecule has 2 N–H and O–H groups in total. The number of hydrogen-bond donors (Lipinski definition) is 2. The quantitative estimate of drug-likeness (QED) is 0.698. The van der Waals surface area contributed by atoms with Crippen LogP contribution in [-0.2, 0) is 6.54 Å². The fourth-order valence-corrected chi connectivity index (χ4v) is 3.35. The number of thiazole rings is 1. The molecule has 3 nitrogen and oxygen atoms in total. The van der Waals surface area contributed by atoms with Crippen LogP contribution in [0.15, 0.2) is 54.7 Å². The van der Waals surface area contributed by atoms with Crippen molar-refractivity contribution < 1.29 is 5.11 Å². The third-order valence-electron chi connectivity index (χ3n) is 3.60. The summed E-state index contributed by atoms with van der Waals surface area (Å²) in [6.45, 7) is 2.65. The van der Waals surface area contributed by atoms with E-state index in [1.807, 2.05) is 55.5 Å². The molecule has 0 radical (unpaired) electrons. The molecule has 0 bridgehead atoms. The van der Waals surface area contributed by atoms with Gasteiger partial charge in [-0.25, -0.2) is 4.98 Å². The van der Waals surface area contributed by atoms with Crippen molar-refractivity contribution in [2.75, 3.05) is 5.32 Å². The van der Waals surface area contributed by atoms with Crippen LogP contribution >= 0.6 is 22.9 Å². The molecule has 0 amide bonds. The van der Waals surface area contributed by atoms with Crippen LogP contribution in [0.25, 0.3) is 0 Å².